The van der Waals surface area contributed by atoms with Gasteiger partial charge in [-0.15, -0.1) is 0 Å². The van der Waals surface area contributed by atoms with Crippen LogP contribution in [0.1, 0.15) is 32.9 Å². The van der Waals surface area contributed by atoms with Crippen molar-refractivity contribution >= 4 is 9.84 Å². The number of aromatic nitrogens is 1. The van der Waals surface area contributed by atoms with E-state index >= 15 is 0 Å². The fraction of sp³-hybridized carbons (Fsp3) is 0.421. The minimum atomic E-state index is -3.74. The summed E-state index contributed by atoms with van der Waals surface area (Å²) in [4.78, 5) is 4.46. The fourth-order valence-corrected chi connectivity index (χ4v) is 4.22. The lowest BCUT2D eigenvalue weighted by atomic mass is 10.1. The number of benzene rings is 1. The average Bonchev–Trinajstić information content (AvgIpc) is 2.61. The van der Waals surface area contributed by atoms with Crippen LogP contribution < -0.4 is 4.74 Å². The van der Waals surface area contributed by atoms with E-state index in [1.165, 1.54) is 31.5 Å². The topological polar surface area (TPSA) is 79.7 Å². The predicted octanol–water partition coefficient (Wildman–Crippen LogP) is 3.55. The summed E-state index contributed by atoms with van der Waals surface area (Å²) in [5.74, 6) is 1.00. The Hall–Kier alpha value is -1.96. The highest BCUT2D eigenvalue weighted by Gasteiger charge is 2.24. The Balaban J connectivity index is 2.32. The van der Waals surface area contributed by atoms with Gasteiger partial charge in [0.1, 0.15) is 5.75 Å². The summed E-state index contributed by atoms with van der Waals surface area (Å²) in [5, 5.41) is 11.5. The standard InChI is InChI=1S/C19H26N2O4S/c1-14(2)12-15(3)21(22)13-18-19(6-5-11-20-18)26(23,24)17-9-7-16(25-4)8-10-17/h5-11,14-15,22H,12-13H2,1-4H3/t15-/m1/s1. The summed E-state index contributed by atoms with van der Waals surface area (Å²) < 4.78 is 31.1. The minimum Gasteiger partial charge on any atom is -0.497 e. The number of hydrogen-bond donors (Lipinski definition) is 1. The van der Waals surface area contributed by atoms with Crippen LogP contribution in [0.4, 0.5) is 0 Å². The number of rotatable bonds is 8. The summed E-state index contributed by atoms with van der Waals surface area (Å²) in [6.45, 7) is 6.09. The van der Waals surface area contributed by atoms with Crippen molar-refractivity contribution in [2.75, 3.05) is 7.11 Å². The predicted molar refractivity (Wildman–Crippen MR) is 98.9 cm³/mol. The van der Waals surface area contributed by atoms with Gasteiger partial charge in [0.15, 0.2) is 0 Å². The lowest BCUT2D eigenvalue weighted by Crippen LogP contribution is -2.31. The number of ether oxygens (including phenoxy) is 1. The first-order valence-corrected chi connectivity index (χ1v) is 10.0. The summed E-state index contributed by atoms with van der Waals surface area (Å²) >= 11 is 0. The molecule has 0 aliphatic carbocycles. The number of hydroxylamine groups is 2. The van der Waals surface area contributed by atoms with Crippen molar-refractivity contribution in [3.8, 4) is 5.75 Å². The quantitative estimate of drug-likeness (QED) is 0.708. The zero-order chi connectivity index (χ0) is 19.3. The van der Waals surface area contributed by atoms with Gasteiger partial charge in [-0.25, -0.2) is 8.42 Å². The maximum atomic E-state index is 13.0. The highest BCUT2D eigenvalue weighted by Crippen LogP contribution is 2.26. The van der Waals surface area contributed by atoms with Crippen molar-refractivity contribution in [3.05, 3.63) is 48.3 Å². The average molecular weight is 378 g/mol. The van der Waals surface area contributed by atoms with Crippen molar-refractivity contribution in [3.63, 3.8) is 0 Å². The van der Waals surface area contributed by atoms with Crippen LogP contribution in [0.5, 0.6) is 5.75 Å². The highest BCUT2D eigenvalue weighted by atomic mass is 32.2. The SMILES string of the molecule is COc1ccc(S(=O)(=O)c2cccnc2CN(O)[C@H](C)CC(C)C)cc1. The van der Waals surface area contributed by atoms with Gasteiger partial charge < -0.3 is 9.94 Å². The van der Waals surface area contributed by atoms with Crippen LogP contribution in [0.3, 0.4) is 0 Å². The Morgan fingerprint density at radius 2 is 1.81 bits per heavy atom. The first-order valence-electron chi connectivity index (χ1n) is 8.54. The molecule has 0 fully saturated rings. The molecule has 7 heteroatoms. The molecule has 2 aromatic rings. The highest BCUT2D eigenvalue weighted by molar-refractivity contribution is 7.91. The van der Waals surface area contributed by atoms with Crippen LogP contribution in [-0.4, -0.2) is 36.8 Å². The van der Waals surface area contributed by atoms with Crippen LogP contribution in [0.2, 0.25) is 0 Å². The van der Waals surface area contributed by atoms with Gasteiger partial charge in [-0.2, -0.15) is 5.06 Å². The van der Waals surface area contributed by atoms with Gasteiger partial charge in [0.2, 0.25) is 9.84 Å². The Morgan fingerprint density at radius 3 is 2.38 bits per heavy atom. The van der Waals surface area contributed by atoms with E-state index in [2.05, 4.69) is 18.8 Å². The third-order valence-corrected chi connectivity index (χ3v) is 5.98. The molecule has 0 saturated heterocycles. The van der Waals surface area contributed by atoms with Gasteiger partial charge >= 0.3 is 0 Å². The molecular formula is C19H26N2O4S. The molecule has 6 nitrogen and oxygen atoms in total. The Kier molecular flexibility index (Phi) is 6.75. The number of pyridine rings is 1. The van der Waals surface area contributed by atoms with E-state index in [4.69, 9.17) is 4.74 Å². The summed E-state index contributed by atoms with van der Waals surface area (Å²) in [5.41, 5.74) is 0.321. The molecule has 1 aromatic carbocycles. The molecule has 2 rings (SSSR count). The molecule has 0 unspecified atom stereocenters. The minimum absolute atomic E-state index is 0.0411. The van der Waals surface area contributed by atoms with Crippen molar-refractivity contribution in [2.24, 2.45) is 5.92 Å². The van der Waals surface area contributed by atoms with Crippen LogP contribution in [0.25, 0.3) is 0 Å². The number of sulfone groups is 1. The number of nitrogens with zero attached hydrogens (tertiary/aromatic N) is 2. The number of hydrogen-bond acceptors (Lipinski definition) is 6. The molecule has 0 saturated carbocycles. The number of methoxy groups -OCH3 is 1. The molecule has 0 bridgehead atoms. The van der Waals surface area contributed by atoms with Gasteiger partial charge in [0, 0.05) is 12.2 Å². The molecule has 1 atom stereocenters. The maximum absolute atomic E-state index is 13.0. The molecule has 0 aliphatic rings. The molecule has 0 aliphatic heterocycles. The lowest BCUT2D eigenvalue weighted by molar-refractivity contribution is -0.135. The van der Waals surface area contributed by atoms with E-state index < -0.39 is 9.84 Å². The second kappa shape index (κ2) is 8.62. The molecule has 0 spiro atoms. The van der Waals surface area contributed by atoms with Gasteiger partial charge in [-0.3, -0.25) is 4.98 Å². The molecule has 142 valence electrons. The second-order valence-electron chi connectivity index (χ2n) is 6.70. The summed E-state index contributed by atoms with van der Waals surface area (Å²) in [7, 11) is -2.22. The zero-order valence-corrected chi connectivity index (χ0v) is 16.4. The second-order valence-corrected chi connectivity index (χ2v) is 8.62. The van der Waals surface area contributed by atoms with Crippen molar-refractivity contribution < 1.29 is 18.4 Å². The third-order valence-electron chi connectivity index (χ3n) is 4.14. The first kappa shape index (κ1) is 20.4. The van der Waals surface area contributed by atoms with E-state index in [9.17, 15) is 13.6 Å². The molecule has 1 aromatic heterocycles. The van der Waals surface area contributed by atoms with Crippen LogP contribution in [0, 0.1) is 5.92 Å². The van der Waals surface area contributed by atoms with E-state index in [1.807, 2.05) is 6.92 Å². The Bertz CT molecular complexity index is 820. The third kappa shape index (κ3) is 4.81. The first-order chi connectivity index (χ1) is 12.3. The summed E-state index contributed by atoms with van der Waals surface area (Å²) in [6, 6.07) is 9.21. The monoisotopic (exact) mass is 378 g/mol. The fourth-order valence-electron chi connectivity index (χ4n) is 2.78. The normalized spacial score (nSPS) is 13.2. The van der Waals surface area contributed by atoms with Gasteiger partial charge in [0.25, 0.3) is 0 Å². The smallest absolute Gasteiger partial charge is 0.208 e. The maximum Gasteiger partial charge on any atom is 0.208 e. The van der Waals surface area contributed by atoms with Crippen molar-refractivity contribution in [1.82, 2.24) is 10.0 Å². The van der Waals surface area contributed by atoms with E-state index in [0.29, 0.717) is 17.4 Å². The van der Waals surface area contributed by atoms with Gasteiger partial charge in [-0.1, -0.05) is 13.8 Å². The Morgan fingerprint density at radius 1 is 1.15 bits per heavy atom. The van der Waals surface area contributed by atoms with E-state index in [0.717, 1.165) is 11.5 Å². The van der Waals surface area contributed by atoms with Crippen LogP contribution >= 0.6 is 0 Å². The molecule has 0 amide bonds. The lowest BCUT2D eigenvalue weighted by Gasteiger charge is -2.24. The van der Waals surface area contributed by atoms with Gasteiger partial charge in [-0.05, 0) is 55.7 Å². The molecule has 0 radical (unpaired) electrons. The molecular weight excluding hydrogens is 352 g/mol. The van der Waals surface area contributed by atoms with E-state index in [-0.39, 0.29) is 22.4 Å². The molecule has 1 N–H and O–H groups in total. The van der Waals surface area contributed by atoms with Crippen molar-refractivity contribution in [1.29, 1.82) is 0 Å². The molecule has 26 heavy (non-hydrogen) atoms. The van der Waals surface area contributed by atoms with Crippen LogP contribution in [0.15, 0.2) is 52.4 Å². The largest absolute Gasteiger partial charge is 0.497 e. The summed E-state index contributed by atoms with van der Waals surface area (Å²) in [6.07, 6.45) is 2.33. The van der Waals surface area contributed by atoms with Crippen molar-refractivity contribution in [2.45, 2.75) is 49.6 Å². The Labute approximate surface area is 155 Å². The molecule has 1 heterocycles. The van der Waals surface area contributed by atoms with Crippen LogP contribution in [-0.2, 0) is 16.4 Å². The van der Waals surface area contributed by atoms with Gasteiger partial charge in [0.05, 0.1) is 29.1 Å². The van der Waals surface area contributed by atoms with E-state index in [1.54, 1.807) is 18.2 Å². The zero-order valence-electron chi connectivity index (χ0n) is 15.6.